The van der Waals surface area contributed by atoms with Crippen LogP contribution in [0.15, 0.2) is 52.1 Å². The second-order valence-electron chi connectivity index (χ2n) is 7.74. The van der Waals surface area contributed by atoms with E-state index in [0.29, 0.717) is 34.6 Å². The summed E-state index contributed by atoms with van der Waals surface area (Å²) in [5.41, 5.74) is 4.01. The van der Waals surface area contributed by atoms with Crippen molar-refractivity contribution in [3.63, 3.8) is 0 Å². The molecule has 2 atom stereocenters. The van der Waals surface area contributed by atoms with Crippen molar-refractivity contribution in [2.24, 2.45) is 0 Å². The molecule has 2 unspecified atom stereocenters. The molecular formula is C21H19N5O2. The first-order chi connectivity index (χ1) is 13.6. The minimum Gasteiger partial charge on any atom is -0.422 e. The molecule has 7 heteroatoms. The van der Waals surface area contributed by atoms with Crippen LogP contribution in [0.2, 0.25) is 0 Å². The van der Waals surface area contributed by atoms with Gasteiger partial charge in [0.1, 0.15) is 5.58 Å². The van der Waals surface area contributed by atoms with Gasteiger partial charge in [-0.25, -0.2) is 9.78 Å². The summed E-state index contributed by atoms with van der Waals surface area (Å²) < 4.78 is 7.56. The van der Waals surface area contributed by atoms with Gasteiger partial charge < -0.3 is 19.0 Å². The van der Waals surface area contributed by atoms with Crippen molar-refractivity contribution < 1.29 is 4.42 Å². The highest BCUT2D eigenvalue weighted by Gasteiger charge is 2.37. The van der Waals surface area contributed by atoms with Gasteiger partial charge in [0.2, 0.25) is 0 Å². The van der Waals surface area contributed by atoms with Gasteiger partial charge >= 0.3 is 5.63 Å². The molecule has 4 aromatic rings. The second-order valence-corrected chi connectivity index (χ2v) is 7.74. The lowest BCUT2D eigenvalue weighted by atomic mass is 10.1. The number of hydrogen-bond acceptors (Lipinski definition) is 6. The zero-order valence-electron chi connectivity index (χ0n) is 15.4. The maximum atomic E-state index is 12.7. The molecule has 2 bridgehead atoms. The van der Waals surface area contributed by atoms with Crippen LogP contribution in [0.3, 0.4) is 0 Å². The number of nitrogens with zero attached hydrogens (tertiary/aromatic N) is 4. The van der Waals surface area contributed by atoms with Gasteiger partial charge in [0, 0.05) is 54.7 Å². The van der Waals surface area contributed by atoms with Crippen LogP contribution in [0.1, 0.15) is 12.1 Å². The van der Waals surface area contributed by atoms with Gasteiger partial charge in [0.05, 0.1) is 23.1 Å². The van der Waals surface area contributed by atoms with Crippen molar-refractivity contribution in [1.82, 2.24) is 19.7 Å². The SMILES string of the molecule is Cc1cn2cc(-c3cc4ccc(N5CC6CC5CN6)cc4oc3=O)nc2cn1. The Balaban J connectivity index is 1.43. The first kappa shape index (κ1) is 15.8. The predicted molar refractivity (Wildman–Crippen MR) is 107 cm³/mol. The number of imidazole rings is 1. The van der Waals surface area contributed by atoms with Crippen LogP contribution >= 0.6 is 0 Å². The molecule has 2 aliphatic heterocycles. The number of hydrogen-bond donors (Lipinski definition) is 1. The molecule has 0 aliphatic carbocycles. The molecule has 0 radical (unpaired) electrons. The summed E-state index contributed by atoms with van der Waals surface area (Å²) >= 11 is 0. The van der Waals surface area contributed by atoms with E-state index in [1.807, 2.05) is 41.9 Å². The van der Waals surface area contributed by atoms with Crippen molar-refractivity contribution in [3.8, 4) is 11.3 Å². The van der Waals surface area contributed by atoms with Crippen molar-refractivity contribution >= 4 is 22.3 Å². The minimum atomic E-state index is -0.373. The van der Waals surface area contributed by atoms with Gasteiger partial charge in [-0.05, 0) is 31.5 Å². The van der Waals surface area contributed by atoms with E-state index in [2.05, 4.69) is 26.3 Å². The summed E-state index contributed by atoms with van der Waals surface area (Å²) in [5, 5.41) is 4.41. The van der Waals surface area contributed by atoms with Crippen LogP contribution in [0.25, 0.3) is 27.9 Å². The molecule has 1 aromatic carbocycles. The van der Waals surface area contributed by atoms with Gasteiger partial charge in [0.25, 0.3) is 0 Å². The molecule has 140 valence electrons. The van der Waals surface area contributed by atoms with E-state index in [1.165, 1.54) is 6.42 Å². The maximum Gasteiger partial charge on any atom is 0.345 e. The summed E-state index contributed by atoms with van der Waals surface area (Å²) in [6.45, 7) is 3.95. The highest BCUT2D eigenvalue weighted by Crippen LogP contribution is 2.32. The predicted octanol–water partition coefficient (Wildman–Crippen LogP) is 2.36. The third-order valence-electron chi connectivity index (χ3n) is 5.85. The molecule has 0 saturated carbocycles. The minimum absolute atomic E-state index is 0.373. The van der Waals surface area contributed by atoms with E-state index >= 15 is 0 Å². The van der Waals surface area contributed by atoms with Crippen molar-refractivity contribution in [2.75, 3.05) is 18.0 Å². The van der Waals surface area contributed by atoms with Crippen LogP contribution in [-0.2, 0) is 0 Å². The summed E-state index contributed by atoms with van der Waals surface area (Å²) in [6, 6.07) is 9.09. The molecule has 2 aliphatic rings. The average molecular weight is 373 g/mol. The normalized spacial score (nSPS) is 21.2. The third-order valence-corrected chi connectivity index (χ3v) is 5.85. The van der Waals surface area contributed by atoms with Gasteiger partial charge in [0.15, 0.2) is 5.65 Å². The summed E-state index contributed by atoms with van der Waals surface area (Å²) in [7, 11) is 0. The molecule has 3 aromatic heterocycles. The van der Waals surface area contributed by atoms with Crippen molar-refractivity contribution in [3.05, 3.63) is 59.0 Å². The monoisotopic (exact) mass is 373 g/mol. The zero-order chi connectivity index (χ0) is 18.8. The summed E-state index contributed by atoms with van der Waals surface area (Å²) in [6.07, 6.45) is 6.61. The van der Waals surface area contributed by atoms with E-state index < -0.39 is 0 Å². The Hall–Kier alpha value is -3.19. The lowest BCUT2D eigenvalue weighted by Gasteiger charge is -2.29. The number of piperazine rings is 1. The largest absolute Gasteiger partial charge is 0.422 e. The number of rotatable bonds is 2. The number of fused-ring (bicyclic) bond motifs is 4. The number of anilines is 1. The van der Waals surface area contributed by atoms with Crippen LogP contribution in [0, 0.1) is 6.92 Å². The molecule has 5 heterocycles. The zero-order valence-corrected chi connectivity index (χ0v) is 15.4. The average Bonchev–Trinajstić information content (AvgIpc) is 3.41. The van der Waals surface area contributed by atoms with Crippen LogP contribution in [0.4, 0.5) is 5.69 Å². The third kappa shape index (κ3) is 2.36. The van der Waals surface area contributed by atoms with E-state index in [1.54, 1.807) is 6.20 Å². The number of aromatic nitrogens is 3. The Bertz CT molecular complexity index is 1290. The van der Waals surface area contributed by atoms with Crippen LogP contribution < -0.4 is 15.8 Å². The molecule has 0 amide bonds. The lowest BCUT2D eigenvalue weighted by Crippen LogP contribution is -2.43. The van der Waals surface area contributed by atoms with Gasteiger partial charge in [-0.1, -0.05) is 0 Å². The quantitative estimate of drug-likeness (QED) is 0.544. The number of benzene rings is 1. The van der Waals surface area contributed by atoms with Gasteiger partial charge in [-0.15, -0.1) is 0 Å². The fourth-order valence-electron chi connectivity index (χ4n) is 4.46. The van der Waals surface area contributed by atoms with Crippen molar-refractivity contribution in [2.45, 2.75) is 25.4 Å². The topological polar surface area (TPSA) is 75.7 Å². The van der Waals surface area contributed by atoms with Gasteiger partial charge in [-0.3, -0.25) is 4.98 Å². The standard InChI is InChI=1S/C21H19N5O2/c1-12-9-25-11-18(24-20(25)8-22-12)17-4-13-2-3-15(6-19(13)28-21(17)27)26-10-14-5-16(26)7-23-14/h2-4,6,8-9,11,14,16,23H,5,7,10H2,1H3. The molecule has 1 N–H and O–H groups in total. The fraction of sp³-hybridized carbons (Fsp3) is 0.286. The Kier molecular flexibility index (Phi) is 3.20. The summed E-state index contributed by atoms with van der Waals surface area (Å²) in [5.74, 6) is 0. The van der Waals surface area contributed by atoms with Crippen LogP contribution in [0.5, 0.6) is 0 Å². The Morgan fingerprint density at radius 2 is 2.18 bits per heavy atom. The Morgan fingerprint density at radius 3 is 3.00 bits per heavy atom. The number of nitrogens with one attached hydrogen (secondary N) is 1. The Morgan fingerprint density at radius 1 is 1.25 bits per heavy atom. The van der Waals surface area contributed by atoms with Crippen LogP contribution in [-0.4, -0.2) is 39.5 Å². The molecule has 28 heavy (non-hydrogen) atoms. The van der Waals surface area contributed by atoms with E-state index in [0.717, 1.165) is 29.9 Å². The van der Waals surface area contributed by atoms with E-state index in [4.69, 9.17) is 4.42 Å². The molecule has 7 nitrogen and oxygen atoms in total. The second kappa shape index (κ2) is 5.65. The molecule has 2 fully saturated rings. The highest BCUT2D eigenvalue weighted by atomic mass is 16.4. The molecule has 0 spiro atoms. The molecular weight excluding hydrogens is 354 g/mol. The first-order valence-electron chi connectivity index (χ1n) is 9.54. The lowest BCUT2D eigenvalue weighted by molar-refractivity contribution is 0.561. The first-order valence-corrected chi connectivity index (χ1v) is 9.54. The Labute approximate surface area is 160 Å². The smallest absolute Gasteiger partial charge is 0.345 e. The van der Waals surface area contributed by atoms with E-state index in [-0.39, 0.29) is 5.63 Å². The highest BCUT2D eigenvalue weighted by molar-refractivity contribution is 5.84. The molecule has 6 rings (SSSR count). The molecule has 2 saturated heterocycles. The summed E-state index contributed by atoms with van der Waals surface area (Å²) in [4.78, 5) is 23.9. The number of aryl methyl sites for hydroxylation is 1. The maximum absolute atomic E-state index is 12.7. The van der Waals surface area contributed by atoms with Crippen molar-refractivity contribution in [1.29, 1.82) is 0 Å². The van der Waals surface area contributed by atoms with E-state index in [9.17, 15) is 4.79 Å². The fourth-order valence-corrected chi connectivity index (χ4v) is 4.46. The van der Waals surface area contributed by atoms with Gasteiger partial charge in [-0.2, -0.15) is 0 Å².